The Labute approximate surface area is 169 Å². The van der Waals surface area contributed by atoms with E-state index < -0.39 is 23.6 Å². The fourth-order valence-electron chi connectivity index (χ4n) is 3.56. The van der Waals surface area contributed by atoms with Crippen molar-refractivity contribution in [2.45, 2.75) is 0 Å². The van der Waals surface area contributed by atoms with Gasteiger partial charge in [0, 0.05) is 11.4 Å². The van der Waals surface area contributed by atoms with Gasteiger partial charge in [0.15, 0.2) is 13.5 Å². The van der Waals surface area contributed by atoms with Crippen molar-refractivity contribution in [2.24, 2.45) is 0 Å². The highest BCUT2D eigenvalue weighted by atomic mass is 19.1. The van der Waals surface area contributed by atoms with E-state index in [2.05, 4.69) is 0 Å². The number of halogens is 2. The molecule has 150 valence electrons. The van der Waals surface area contributed by atoms with Crippen LogP contribution in [0.25, 0.3) is 0 Å². The predicted octanol–water partition coefficient (Wildman–Crippen LogP) is 4.50. The van der Waals surface area contributed by atoms with Gasteiger partial charge in [-0.3, -0.25) is 0 Å². The van der Waals surface area contributed by atoms with Gasteiger partial charge in [-0.1, -0.05) is 0 Å². The highest BCUT2D eigenvalue weighted by molar-refractivity contribution is 6.06. The molecule has 0 aromatic heterocycles. The first kappa shape index (κ1) is 18.1. The number of anilines is 4. The van der Waals surface area contributed by atoms with Crippen LogP contribution in [-0.4, -0.2) is 25.4 Å². The fraction of sp³-hybridized carbons (Fsp3) is 0.0909. The van der Waals surface area contributed by atoms with Crippen LogP contribution in [0.1, 0.15) is 20.7 Å². The predicted molar refractivity (Wildman–Crippen MR) is 104 cm³/mol. The maximum atomic E-state index is 13.3. The third kappa shape index (κ3) is 2.93. The van der Waals surface area contributed by atoms with E-state index in [4.69, 9.17) is 9.47 Å². The van der Waals surface area contributed by atoms with E-state index >= 15 is 0 Å². The Morgan fingerprint density at radius 2 is 1.00 bits per heavy atom. The zero-order valence-corrected chi connectivity index (χ0v) is 15.5. The fourth-order valence-corrected chi connectivity index (χ4v) is 3.56. The highest BCUT2D eigenvalue weighted by Crippen LogP contribution is 2.41. The summed E-state index contributed by atoms with van der Waals surface area (Å²) in [4.78, 5) is 28.3. The standard InChI is InChI=1S/C22H14F2N2O4/c23-13-1-5-15(6-2-13)25-11-29-21(27)17-10-20-18(9-19(17)25)22(28)30-12-26(20)16-7-3-14(24)4-8-16/h1-10H,11-12H2. The summed E-state index contributed by atoms with van der Waals surface area (Å²) >= 11 is 0. The molecule has 0 saturated heterocycles. The van der Waals surface area contributed by atoms with Crippen LogP contribution < -0.4 is 9.80 Å². The molecule has 0 fully saturated rings. The summed E-state index contributed by atoms with van der Waals surface area (Å²) in [5.41, 5.74) is 2.62. The minimum absolute atomic E-state index is 0.0764. The van der Waals surface area contributed by atoms with E-state index in [9.17, 15) is 18.4 Å². The minimum atomic E-state index is -0.538. The molecule has 3 aromatic carbocycles. The van der Waals surface area contributed by atoms with E-state index in [0.29, 0.717) is 22.7 Å². The van der Waals surface area contributed by atoms with Crippen LogP contribution >= 0.6 is 0 Å². The third-order valence-corrected chi connectivity index (χ3v) is 5.06. The van der Waals surface area contributed by atoms with E-state index in [1.807, 2.05) is 0 Å². The van der Waals surface area contributed by atoms with Crippen molar-refractivity contribution in [3.8, 4) is 0 Å². The molecule has 0 spiro atoms. The molecule has 8 heteroatoms. The zero-order chi connectivity index (χ0) is 20.8. The van der Waals surface area contributed by atoms with Gasteiger partial charge in [0.2, 0.25) is 0 Å². The topological polar surface area (TPSA) is 59.1 Å². The summed E-state index contributed by atoms with van der Waals surface area (Å²) in [5.74, 6) is -1.86. The van der Waals surface area contributed by atoms with Gasteiger partial charge in [0.25, 0.3) is 0 Å². The van der Waals surface area contributed by atoms with Crippen molar-refractivity contribution >= 4 is 34.7 Å². The maximum absolute atomic E-state index is 13.3. The molecule has 2 heterocycles. The van der Waals surface area contributed by atoms with Gasteiger partial charge in [-0.2, -0.15) is 0 Å². The molecule has 0 atom stereocenters. The number of hydrogen-bond donors (Lipinski definition) is 0. The van der Waals surface area contributed by atoms with Gasteiger partial charge in [-0.15, -0.1) is 0 Å². The Hall–Kier alpha value is -3.94. The number of cyclic esters (lactones) is 2. The molecule has 3 aromatic rings. The van der Waals surface area contributed by atoms with E-state index in [1.54, 1.807) is 46.2 Å². The molecule has 0 amide bonds. The largest absolute Gasteiger partial charge is 0.440 e. The molecule has 2 aliphatic heterocycles. The lowest BCUT2D eigenvalue weighted by atomic mass is 10.0. The molecule has 30 heavy (non-hydrogen) atoms. The van der Waals surface area contributed by atoms with E-state index in [0.717, 1.165) is 0 Å². The summed E-state index contributed by atoms with van der Waals surface area (Å²) < 4.78 is 37.2. The molecule has 0 radical (unpaired) electrons. The van der Waals surface area contributed by atoms with Gasteiger partial charge in [-0.05, 0) is 60.7 Å². The van der Waals surface area contributed by atoms with Crippen LogP contribution in [0.4, 0.5) is 31.5 Å². The number of benzene rings is 3. The second kappa shape index (κ2) is 6.84. The van der Waals surface area contributed by atoms with Crippen LogP contribution in [0, 0.1) is 11.6 Å². The quantitative estimate of drug-likeness (QED) is 0.582. The summed E-state index contributed by atoms with van der Waals surface area (Å²) in [6.45, 7) is -0.153. The van der Waals surface area contributed by atoms with E-state index in [-0.39, 0.29) is 24.6 Å². The Morgan fingerprint density at radius 1 is 0.633 bits per heavy atom. The number of rotatable bonds is 2. The van der Waals surface area contributed by atoms with Crippen molar-refractivity contribution in [3.05, 3.63) is 83.4 Å². The first-order valence-electron chi connectivity index (χ1n) is 9.10. The SMILES string of the molecule is O=C1OCN(c2ccc(F)cc2)c2cc3c(cc21)N(c1ccc(F)cc1)COC3=O. The second-order valence-corrected chi connectivity index (χ2v) is 6.82. The monoisotopic (exact) mass is 408 g/mol. The van der Waals surface area contributed by atoms with Crippen LogP contribution in [0.5, 0.6) is 0 Å². The van der Waals surface area contributed by atoms with Gasteiger partial charge >= 0.3 is 11.9 Å². The molecular weight excluding hydrogens is 394 g/mol. The minimum Gasteiger partial charge on any atom is -0.440 e. The maximum Gasteiger partial charge on any atom is 0.342 e. The molecule has 5 rings (SSSR count). The first-order chi connectivity index (χ1) is 14.5. The lowest BCUT2D eigenvalue weighted by molar-refractivity contribution is 0.0473. The molecule has 2 aliphatic rings. The van der Waals surface area contributed by atoms with Gasteiger partial charge < -0.3 is 19.3 Å². The number of esters is 2. The number of nitrogens with zero attached hydrogens (tertiary/aromatic N) is 2. The Kier molecular flexibility index (Phi) is 4.13. The number of carbonyl (C=O) groups excluding carboxylic acids is 2. The average molecular weight is 408 g/mol. The van der Waals surface area contributed by atoms with Crippen LogP contribution in [-0.2, 0) is 9.47 Å². The van der Waals surface area contributed by atoms with Crippen molar-refractivity contribution in [2.75, 3.05) is 23.3 Å². The summed E-state index contributed by atoms with van der Waals surface area (Å²) in [6, 6.07) is 14.5. The zero-order valence-electron chi connectivity index (χ0n) is 15.5. The van der Waals surface area contributed by atoms with Crippen molar-refractivity contribution in [1.29, 1.82) is 0 Å². The van der Waals surface area contributed by atoms with E-state index in [1.165, 1.54) is 24.3 Å². The smallest absolute Gasteiger partial charge is 0.342 e. The molecule has 0 N–H and O–H groups in total. The van der Waals surface area contributed by atoms with Crippen molar-refractivity contribution < 1.29 is 27.8 Å². The first-order valence-corrected chi connectivity index (χ1v) is 9.10. The lowest BCUT2D eigenvalue weighted by Gasteiger charge is -2.35. The summed E-state index contributed by atoms with van der Waals surface area (Å²) in [6.07, 6.45) is 0. The summed E-state index contributed by atoms with van der Waals surface area (Å²) in [7, 11) is 0. The van der Waals surface area contributed by atoms with Gasteiger partial charge in [0.1, 0.15) is 11.6 Å². The van der Waals surface area contributed by atoms with Crippen molar-refractivity contribution in [1.82, 2.24) is 0 Å². The molecule has 0 unspecified atom stereocenters. The second-order valence-electron chi connectivity index (χ2n) is 6.82. The third-order valence-electron chi connectivity index (χ3n) is 5.06. The van der Waals surface area contributed by atoms with Crippen LogP contribution in [0.2, 0.25) is 0 Å². The number of fused-ring (bicyclic) bond motifs is 2. The Balaban J connectivity index is 1.65. The van der Waals surface area contributed by atoms with Crippen LogP contribution in [0.15, 0.2) is 60.7 Å². The van der Waals surface area contributed by atoms with Gasteiger partial charge in [-0.25, -0.2) is 18.4 Å². The number of hydrogen-bond acceptors (Lipinski definition) is 6. The molecule has 0 aliphatic carbocycles. The van der Waals surface area contributed by atoms with Gasteiger partial charge in [0.05, 0.1) is 22.5 Å². The number of carbonyl (C=O) groups is 2. The molecule has 0 saturated carbocycles. The molecule has 0 bridgehead atoms. The average Bonchev–Trinajstić information content (AvgIpc) is 2.75. The molecular formula is C22H14F2N2O4. The summed E-state index contributed by atoms with van der Waals surface area (Å²) in [5, 5.41) is 0. The molecule has 6 nitrogen and oxygen atoms in total. The normalized spacial score (nSPS) is 15.3. The lowest BCUT2D eigenvalue weighted by Crippen LogP contribution is -2.34. The highest BCUT2D eigenvalue weighted by Gasteiger charge is 2.33. The Morgan fingerprint density at radius 3 is 1.37 bits per heavy atom. The van der Waals surface area contributed by atoms with Crippen molar-refractivity contribution in [3.63, 3.8) is 0 Å². The number of ether oxygens (including phenoxy) is 2. The Bertz CT molecular complexity index is 1070. The van der Waals surface area contributed by atoms with Crippen LogP contribution in [0.3, 0.4) is 0 Å².